The Labute approximate surface area is 143 Å². The van der Waals surface area contributed by atoms with E-state index in [0.717, 1.165) is 35.3 Å². The van der Waals surface area contributed by atoms with Crippen LogP contribution in [-0.2, 0) is 6.42 Å². The lowest BCUT2D eigenvalue weighted by molar-refractivity contribution is 0.0989. The van der Waals surface area contributed by atoms with Gasteiger partial charge in [-0.3, -0.25) is 4.79 Å². The number of carbonyl (C=O) groups is 1. The first kappa shape index (κ1) is 14.7. The minimum Gasteiger partial charge on any atom is -0.307 e. The first-order valence-corrected chi connectivity index (χ1v) is 8.79. The zero-order valence-electron chi connectivity index (χ0n) is 12.7. The zero-order valence-corrected chi connectivity index (χ0v) is 14.2. The van der Waals surface area contributed by atoms with E-state index in [0.29, 0.717) is 9.90 Å². The number of carbonyl (C=O) groups excluding carboxylic acids is 1. The van der Waals surface area contributed by atoms with Crippen molar-refractivity contribution in [3.8, 4) is 0 Å². The maximum atomic E-state index is 13.1. The zero-order chi connectivity index (χ0) is 16.0. The van der Waals surface area contributed by atoms with E-state index in [1.807, 2.05) is 23.1 Å². The lowest BCUT2D eigenvalue weighted by Gasteiger charge is -2.29. The molecular formula is C18H15ClN2OS. The van der Waals surface area contributed by atoms with Crippen LogP contribution in [0.25, 0.3) is 10.2 Å². The van der Waals surface area contributed by atoms with Gasteiger partial charge in [-0.2, -0.15) is 0 Å². The second-order valence-corrected chi connectivity index (χ2v) is 7.17. The molecule has 0 N–H and O–H groups in total. The minimum atomic E-state index is -0.0252. The third-order valence-electron chi connectivity index (χ3n) is 4.20. The van der Waals surface area contributed by atoms with Gasteiger partial charge in [0.15, 0.2) is 0 Å². The molecule has 0 bridgehead atoms. The molecule has 5 heteroatoms. The second-order valence-electron chi connectivity index (χ2n) is 5.79. The van der Waals surface area contributed by atoms with E-state index in [1.165, 1.54) is 22.5 Å². The van der Waals surface area contributed by atoms with Crippen LogP contribution < -0.4 is 4.90 Å². The molecular weight excluding hydrogens is 328 g/mol. The number of benzene rings is 1. The summed E-state index contributed by atoms with van der Waals surface area (Å²) in [5.41, 5.74) is 3.47. The van der Waals surface area contributed by atoms with Crippen molar-refractivity contribution in [3.63, 3.8) is 0 Å². The summed E-state index contributed by atoms with van der Waals surface area (Å²) in [7, 11) is 0. The van der Waals surface area contributed by atoms with E-state index in [1.54, 1.807) is 6.20 Å². The number of aromatic nitrogens is 1. The average molecular weight is 343 g/mol. The van der Waals surface area contributed by atoms with Crippen LogP contribution in [0.1, 0.15) is 27.2 Å². The summed E-state index contributed by atoms with van der Waals surface area (Å²) in [6.07, 6.45) is 3.72. The van der Waals surface area contributed by atoms with Crippen molar-refractivity contribution < 1.29 is 4.79 Å². The highest BCUT2D eigenvalue weighted by Crippen LogP contribution is 2.37. The summed E-state index contributed by atoms with van der Waals surface area (Å²) in [6, 6.07) is 10.0. The SMILES string of the molecule is Cc1ccc2c(c1)CCCN2C(=O)c1sc2ncccc2c1Cl. The van der Waals surface area contributed by atoms with Crippen molar-refractivity contribution in [2.24, 2.45) is 0 Å². The largest absolute Gasteiger partial charge is 0.307 e. The Hall–Kier alpha value is -1.91. The van der Waals surface area contributed by atoms with Crippen LogP contribution >= 0.6 is 22.9 Å². The van der Waals surface area contributed by atoms with Crippen LogP contribution in [0.4, 0.5) is 5.69 Å². The second kappa shape index (κ2) is 5.62. The maximum Gasteiger partial charge on any atom is 0.269 e. The first-order valence-electron chi connectivity index (χ1n) is 7.59. The van der Waals surface area contributed by atoms with Crippen molar-refractivity contribution in [1.82, 2.24) is 4.98 Å². The molecule has 1 amide bonds. The van der Waals surface area contributed by atoms with Crippen LogP contribution in [0, 0.1) is 6.92 Å². The molecule has 0 radical (unpaired) electrons. The number of halogens is 1. The predicted molar refractivity (Wildman–Crippen MR) is 95.8 cm³/mol. The molecule has 2 aromatic heterocycles. The Morgan fingerprint density at radius 1 is 1.35 bits per heavy atom. The minimum absolute atomic E-state index is 0.0252. The molecule has 1 aromatic carbocycles. The van der Waals surface area contributed by atoms with Crippen molar-refractivity contribution in [1.29, 1.82) is 0 Å². The van der Waals surface area contributed by atoms with Crippen molar-refractivity contribution >= 4 is 44.7 Å². The van der Waals surface area contributed by atoms with Crippen LogP contribution in [0.3, 0.4) is 0 Å². The number of amides is 1. The molecule has 4 rings (SSSR count). The van der Waals surface area contributed by atoms with Gasteiger partial charge in [0.1, 0.15) is 9.71 Å². The fourth-order valence-corrected chi connectivity index (χ4v) is 4.49. The number of anilines is 1. The van der Waals surface area contributed by atoms with Crippen LogP contribution in [-0.4, -0.2) is 17.4 Å². The normalized spacial score (nSPS) is 14.1. The Bertz CT molecular complexity index is 919. The maximum absolute atomic E-state index is 13.1. The van der Waals surface area contributed by atoms with Gasteiger partial charge in [-0.1, -0.05) is 29.3 Å². The third-order valence-corrected chi connectivity index (χ3v) is 5.80. The molecule has 1 aliphatic rings. The molecule has 0 saturated heterocycles. The topological polar surface area (TPSA) is 33.2 Å². The van der Waals surface area contributed by atoms with E-state index in [9.17, 15) is 4.79 Å². The average Bonchev–Trinajstić information content (AvgIpc) is 2.91. The number of rotatable bonds is 1. The summed E-state index contributed by atoms with van der Waals surface area (Å²) in [6.45, 7) is 2.81. The lowest BCUT2D eigenvalue weighted by atomic mass is 9.99. The van der Waals surface area contributed by atoms with E-state index in [-0.39, 0.29) is 5.91 Å². The van der Waals surface area contributed by atoms with Crippen LogP contribution in [0.5, 0.6) is 0 Å². The molecule has 1 aliphatic heterocycles. The highest BCUT2D eigenvalue weighted by Gasteiger charge is 2.27. The highest BCUT2D eigenvalue weighted by molar-refractivity contribution is 7.21. The molecule has 3 aromatic rings. The standard InChI is InChI=1S/C18H15ClN2OS/c1-11-6-7-14-12(10-11)4-3-9-21(14)18(22)16-15(19)13-5-2-8-20-17(13)23-16/h2,5-8,10H,3-4,9H2,1H3. The van der Waals surface area contributed by atoms with Gasteiger partial charge in [0, 0.05) is 23.8 Å². The lowest BCUT2D eigenvalue weighted by Crippen LogP contribution is -2.35. The van der Waals surface area contributed by atoms with Gasteiger partial charge < -0.3 is 4.90 Å². The van der Waals surface area contributed by atoms with Gasteiger partial charge in [0.2, 0.25) is 0 Å². The smallest absolute Gasteiger partial charge is 0.269 e. The van der Waals surface area contributed by atoms with Gasteiger partial charge in [0.05, 0.1) is 5.02 Å². The predicted octanol–water partition coefficient (Wildman–Crippen LogP) is 4.85. The molecule has 0 atom stereocenters. The third kappa shape index (κ3) is 2.42. The fraction of sp³-hybridized carbons (Fsp3) is 0.222. The van der Waals surface area contributed by atoms with Gasteiger partial charge >= 0.3 is 0 Å². The van der Waals surface area contributed by atoms with Crippen molar-refractivity contribution in [3.05, 3.63) is 57.6 Å². The van der Waals surface area contributed by atoms with Gasteiger partial charge in [-0.15, -0.1) is 11.3 Å². The number of hydrogen-bond donors (Lipinski definition) is 0. The Morgan fingerprint density at radius 3 is 3.04 bits per heavy atom. The molecule has 3 nitrogen and oxygen atoms in total. The summed E-state index contributed by atoms with van der Waals surface area (Å²) in [5.74, 6) is -0.0252. The monoisotopic (exact) mass is 342 g/mol. The van der Waals surface area contributed by atoms with Crippen LogP contribution in [0.2, 0.25) is 5.02 Å². The van der Waals surface area contributed by atoms with E-state index in [2.05, 4.69) is 24.0 Å². The molecule has 3 heterocycles. The Morgan fingerprint density at radius 2 is 2.22 bits per heavy atom. The Kier molecular flexibility index (Phi) is 3.58. The number of thiophene rings is 1. The fourth-order valence-electron chi connectivity index (χ4n) is 3.10. The molecule has 0 spiro atoms. The van der Waals surface area contributed by atoms with Gasteiger partial charge in [-0.05, 0) is 43.5 Å². The molecule has 23 heavy (non-hydrogen) atoms. The summed E-state index contributed by atoms with van der Waals surface area (Å²) in [4.78, 5) is 20.6. The molecule has 0 aliphatic carbocycles. The number of nitrogens with zero attached hydrogens (tertiary/aromatic N) is 2. The number of aryl methyl sites for hydroxylation is 2. The molecule has 0 saturated carbocycles. The van der Waals surface area contributed by atoms with Gasteiger partial charge in [-0.25, -0.2) is 4.98 Å². The van der Waals surface area contributed by atoms with Crippen LogP contribution in [0.15, 0.2) is 36.5 Å². The van der Waals surface area contributed by atoms with Crippen molar-refractivity contribution in [2.75, 3.05) is 11.4 Å². The first-order chi connectivity index (χ1) is 11.1. The summed E-state index contributed by atoms with van der Waals surface area (Å²) in [5, 5.41) is 1.37. The van der Waals surface area contributed by atoms with E-state index < -0.39 is 0 Å². The van der Waals surface area contributed by atoms with Crippen molar-refractivity contribution in [2.45, 2.75) is 19.8 Å². The van der Waals surface area contributed by atoms with E-state index in [4.69, 9.17) is 11.6 Å². The summed E-state index contributed by atoms with van der Waals surface area (Å²) < 4.78 is 0. The Balaban J connectivity index is 1.79. The quantitative estimate of drug-likeness (QED) is 0.633. The number of hydrogen-bond acceptors (Lipinski definition) is 3. The number of fused-ring (bicyclic) bond motifs is 2. The molecule has 0 fully saturated rings. The summed E-state index contributed by atoms with van der Waals surface area (Å²) >= 11 is 7.82. The highest BCUT2D eigenvalue weighted by atomic mass is 35.5. The molecule has 0 unspecified atom stereocenters. The van der Waals surface area contributed by atoms with E-state index >= 15 is 0 Å². The molecule has 116 valence electrons. The number of pyridine rings is 1. The van der Waals surface area contributed by atoms with Gasteiger partial charge in [0.25, 0.3) is 5.91 Å².